The summed E-state index contributed by atoms with van der Waals surface area (Å²) in [7, 11) is -4.31. The Morgan fingerprint density at radius 3 is 2.43 bits per heavy atom. The summed E-state index contributed by atoms with van der Waals surface area (Å²) in [4.78, 5) is 10.1. The van der Waals surface area contributed by atoms with E-state index in [2.05, 4.69) is 8.37 Å². The molecule has 21 heavy (non-hydrogen) atoms. The third-order valence-corrected chi connectivity index (χ3v) is 3.06. The molecule has 0 radical (unpaired) electrons. The minimum Gasteiger partial charge on any atom is -0.391 e. The summed E-state index contributed by atoms with van der Waals surface area (Å²) in [6, 6.07) is 3.34. The van der Waals surface area contributed by atoms with Crippen LogP contribution >= 0.6 is 0 Å². The van der Waals surface area contributed by atoms with Crippen LogP contribution < -0.4 is 4.18 Å². The Morgan fingerprint density at radius 2 is 1.95 bits per heavy atom. The van der Waals surface area contributed by atoms with Gasteiger partial charge in [0, 0.05) is 0 Å². The predicted octanol–water partition coefficient (Wildman–Crippen LogP) is 1.77. The van der Waals surface area contributed by atoms with Gasteiger partial charge in [-0.25, -0.2) is 4.18 Å². The lowest BCUT2D eigenvalue weighted by Crippen LogP contribution is -2.21. The molecule has 0 amide bonds. The fourth-order valence-corrected chi connectivity index (χ4v) is 2.18. The van der Waals surface area contributed by atoms with Gasteiger partial charge < -0.3 is 9.29 Å². The Kier molecular flexibility index (Phi) is 5.26. The lowest BCUT2D eigenvalue weighted by molar-refractivity contribution is -0.385. The van der Waals surface area contributed by atoms with Crippen LogP contribution in [0.3, 0.4) is 0 Å². The van der Waals surface area contributed by atoms with E-state index in [9.17, 15) is 18.5 Å². The van der Waals surface area contributed by atoms with Crippen molar-refractivity contribution in [2.24, 2.45) is 5.41 Å². The fraction of sp³-hybridized carbons (Fsp3) is 0.500. The molecule has 0 aliphatic rings. The fourth-order valence-electron chi connectivity index (χ4n) is 1.29. The maximum absolute atomic E-state index is 11.6. The molecule has 1 rings (SSSR count). The van der Waals surface area contributed by atoms with Crippen LogP contribution in [-0.2, 0) is 21.2 Å². The second-order valence-corrected chi connectivity index (χ2v) is 6.74. The lowest BCUT2D eigenvalue weighted by atomic mass is 9.99. The van der Waals surface area contributed by atoms with Crippen LogP contribution in [0.2, 0.25) is 0 Å². The average molecular weight is 319 g/mol. The average Bonchev–Trinajstić information content (AvgIpc) is 2.35. The Bertz CT molecular complexity index is 619. The molecule has 1 aromatic rings. The van der Waals surface area contributed by atoms with Crippen molar-refractivity contribution < 1.29 is 26.8 Å². The normalized spacial score (nSPS) is 12.2. The second-order valence-electron chi connectivity index (χ2n) is 5.52. The number of nitro groups is 1. The number of benzene rings is 1. The number of aliphatic hydroxyl groups is 1. The van der Waals surface area contributed by atoms with Crippen LogP contribution in [0.1, 0.15) is 26.3 Å². The molecular weight excluding hydrogens is 302 g/mol. The molecule has 8 nitrogen and oxygen atoms in total. The third-order valence-electron chi connectivity index (χ3n) is 2.26. The summed E-state index contributed by atoms with van der Waals surface area (Å²) < 4.78 is 32.6. The Morgan fingerprint density at radius 1 is 1.33 bits per heavy atom. The van der Waals surface area contributed by atoms with Gasteiger partial charge in [0.15, 0.2) is 5.75 Å². The van der Waals surface area contributed by atoms with E-state index in [1.807, 2.05) is 0 Å². The zero-order chi connectivity index (χ0) is 16.3. The van der Waals surface area contributed by atoms with Crippen molar-refractivity contribution in [1.82, 2.24) is 0 Å². The Balaban J connectivity index is 2.93. The molecule has 0 aromatic heterocycles. The SMILES string of the molecule is CC(C)(C)COS(=O)(=O)Oc1ccc(CO)c([N+](=O)[O-])c1. The van der Waals surface area contributed by atoms with Gasteiger partial charge in [-0.2, -0.15) is 8.42 Å². The van der Waals surface area contributed by atoms with E-state index in [0.29, 0.717) is 0 Å². The van der Waals surface area contributed by atoms with Crippen molar-refractivity contribution in [2.45, 2.75) is 27.4 Å². The predicted molar refractivity (Wildman–Crippen MR) is 74.0 cm³/mol. The molecule has 0 aliphatic carbocycles. The third kappa shape index (κ3) is 5.66. The van der Waals surface area contributed by atoms with Gasteiger partial charge in [-0.3, -0.25) is 10.1 Å². The zero-order valence-electron chi connectivity index (χ0n) is 11.9. The van der Waals surface area contributed by atoms with Gasteiger partial charge in [0.25, 0.3) is 5.69 Å². The number of hydrogen-bond donors (Lipinski definition) is 1. The first-order valence-electron chi connectivity index (χ1n) is 6.01. The van der Waals surface area contributed by atoms with Crippen LogP contribution in [0.15, 0.2) is 18.2 Å². The molecule has 1 N–H and O–H groups in total. The summed E-state index contributed by atoms with van der Waals surface area (Å²) in [5.74, 6) is -0.257. The minimum atomic E-state index is -4.31. The van der Waals surface area contributed by atoms with Crippen molar-refractivity contribution in [1.29, 1.82) is 0 Å². The number of nitrogens with zero attached hydrogens (tertiary/aromatic N) is 1. The maximum Gasteiger partial charge on any atom is 0.449 e. The van der Waals surface area contributed by atoms with Crippen molar-refractivity contribution in [2.75, 3.05) is 6.61 Å². The quantitative estimate of drug-likeness (QED) is 0.627. The van der Waals surface area contributed by atoms with E-state index >= 15 is 0 Å². The van der Waals surface area contributed by atoms with Gasteiger partial charge in [0.05, 0.1) is 29.8 Å². The number of hydrogen-bond acceptors (Lipinski definition) is 7. The number of nitro benzene ring substituents is 1. The van der Waals surface area contributed by atoms with E-state index in [1.54, 1.807) is 20.8 Å². The summed E-state index contributed by atoms with van der Waals surface area (Å²) >= 11 is 0. The Hall–Kier alpha value is -1.71. The maximum atomic E-state index is 11.6. The lowest BCUT2D eigenvalue weighted by Gasteiger charge is -2.17. The standard InChI is InChI=1S/C12H17NO7S/c1-12(2,3)8-19-21(17,18)20-10-5-4-9(7-14)11(6-10)13(15)16/h4-6,14H,7-8H2,1-3H3. The monoisotopic (exact) mass is 319 g/mol. The van der Waals surface area contributed by atoms with Crippen LogP contribution in [-0.4, -0.2) is 25.1 Å². The van der Waals surface area contributed by atoms with E-state index in [1.165, 1.54) is 12.1 Å². The highest BCUT2D eigenvalue weighted by Crippen LogP contribution is 2.26. The molecule has 0 saturated heterocycles. The van der Waals surface area contributed by atoms with Crippen LogP contribution in [0.4, 0.5) is 5.69 Å². The molecule has 0 unspecified atom stereocenters. The van der Waals surface area contributed by atoms with Crippen molar-refractivity contribution in [3.05, 3.63) is 33.9 Å². The molecule has 0 heterocycles. The molecule has 0 saturated carbocycles. The van der Waals surface area contributed by atoms with Crippen LogP contribution in [0.25, 0.3) is 0 Å². The first-order valence-corrected chi connectivity index (χ1v) is 7.34. The summed E-state index contributed by atoms with van der Waals surface area (Å²) in [5, 5.41) is 19.8. The largest absolute Gasteiger partial charge is 0.449 e. The molecule has 1 aromatic carbocycles. The van der Waals surface area contributed by atoms with E-state index < -0.39 is 27.6 Å². The van der Waals surface area contributed by atoms with Crippen molar-refractivity contribution in [3.8, 4) is 5.75 Å². The highest BCUT2D eigenvalue weighted by atomic mass is 32.3. The van der Waals surface area contributed by atoms with Crippen molar-refractivity contribution in [3.63, 3.8) is 0 Å². The molecular formula is C12H17NO7S. The van der Waals surface area contributed by atoms with Gasteiger partial charge in [-0.1, -0.05) is 20.8 Å². The molecule has 9 heteroatoms. The van der Waals surface area contributed by atoms with Gasteiger partial charge >= 0.3 is 10.4 Å². The Labute approximate surface area is 122 Å². The van der Waals surface area contributed by atoms with E-state index in [-0.39, 0.29) is 23.3 Å². The van der Waals surface area contributed by atoms with E-state index in [0.717, 1.165) is 6.07 Å². The molecule has 0 bridgehead atoms. The van der Waals surface area contributed by atoms with Crippen LogP contribution in [0.5, 0.6) is 5.75 Å². The van der Waals surface area contributed by atoms with E-state index in [4.69, 9.17) is 5.11 Å². The molecule has 0 aliphatic heterocycles. The molecule has 0 fully saturated rings. The molecule has 0 spiro atoms. The number of rotatable bonds is 6. The second kappa shape index (κ2) is 6.37. The smallest absolute Gasteiger partial charge is 0.391 e. The summed E-state index contributed by atoms with van der Waals surface area (Å²) in [6.45, 7) is 4.71. The van der Waals surface area contributed by atoms with Gasteiger partial charge in [0.1, 0.15) is 0 Å². The molecule has 0 atom stereocenters. The zero-order valence-corrected chi connectivity index (χ0v) is 12.7. The van der Waals surface area contributed by atoms with Crippen molar-refractivity contribution >= 4 is 16.1 Å². The number of aliphatic hydroxyl groups excluding tert-OH is 1. The van der Waals surface area contributed by atoms with Gasteiger partial charge in [0.2, 0.25) is 0 Å². The van der Waals surface area contributed by atoms with Gasteiger partial charge in [-0.05, 0) is 17.5 Å². The first kappa shape index (κ1) is 17.3. The summed E-state index contributed by atoms with van der Waals surface area (Å²) in [5.41, 5.74) is -0.759. The first-order chi connectivity index (χ1) is 9.54. The summed E-state index contributed by atoms with van der Waals surface area (Å²) in [6.07, 6.45) is 0. The van der Waals surface area contributed by atoms with Gasteiger partial charge in [-0.15, -0.1) is 0 Å². The minimum absolute atomic E-state index is 0.0559. The topological polar surface area (TPSA) is 116 Å². The highest BCUT2D eigenvalue weighted by molar-refractivity contribution is 7.82. The van der Waals surface area contributed by atoms with Crippen LogP contribution in [0, 0.1) is 15.5 Å². The highest BCUT2D eigenvalue weighted by Gasteiger charge is 2.22. The molecule has 118 valence electrons.